The van der Waals surface area contributed by atoms with Crippen LogP contribution in [0.4, 0.5) is 0 Å². The molecule has 0 saturated carbocycles. The van der Waals surface area contributed by atoms with E-state index in [1.165, 1.54) is 0 Å². The summed E-state index contributed by atoms with van der Waals surface area (Å²) in [5, 5.41) is 0. The van der Waals surface area contributed by atoms with E-state index < -0.39 is 11.1 Å². The predicted octanol–water partition coefficient (Wildman–Crippen LogP) is 3.97. The lowest BCUT2D eigenvalue weighted by Gasteiger charge is -2.15. The van der Waals surface area contributed by atoms with E-state index in [2.05, 4.69) is 0 Å². The minimum atomic E-state index is -1.96. The van der Waals surface area contributed by atoms with Crippen molar-refractivity contribution in [2.24, 2.45) is 0 Å². The molecule has 4 heteroatoms. The molecule has 0 fully saturated rings. The summed E-state index contributed by atoms with van der Waals surface area (Å²) < 4.78 is 26.1. The zero-order valence-corrected chi connectivity index (χ0v) is 12.4. The predicted molar refractivity (Wildman–Crippen MR) is 80.3 cm³/mol. The zero-order chi connectivity index (χ0) is 14.5. The molecule has 1 unspecified atom stereocenters. The second-order valence-corrected chi connectivity index (χ2v) is 5.85. The molecule has 20 heavy (non-hydrogen) atoms. The van der Waals surface area contributed by atoms with Crippen molar-refractivity contribution in [3.05, 3.63) is 59.7 Å². The summed E-state index contributed by atoms with van der Waals surface area (Å²) in [6, 6.07) is 15.1. The molecule has 2 rings (SSSR count). The van der Waals surface area contributed by atoms with Crippen molar-refractivity contribution in [2.75, 3.05) is 0 Å². The molecule has 0 amide bonds. The van der Waals surface area contributed by atoms with Gasteiger partial charge in [0.2, 0.25) is 0 Å². The smallest absolute Gasteiger partial charge is 0.186 e. The normalized spacial score (nSPS) is 12.4. The highest BCUT2D eigenvalue weighted by Crippen LogP contribution is 2.29. The van der Waals surface area contributed by atoms with E-state index in [0.29, 0.717) is 11.5 Å². The molecule has 106 valence electrons. The quantitative estimate of drug-likeness (QED) is 0.848. The minimum absolute atomic E-state index is 0.226. The fourth-order valence-electron chi connectivity index (χ4n) is 1.95. The number of hydrogen-bond acceptors (Lipinski definition) is 2. The van der Waals surface area contributed by atoms with Gasteiger partial charge in [-0.15, -0.1) is 0 Å². The Kier molecular flexibility index (Phi) is 4.93. The first kappa shape index (κ1) is 14.8. The molecule has 2 aromatic rings. The van der Waals surface area contributed by atoms with Crippen molar-refractivity contribution < 1.29 is 13.5 Å². The number of rotatable bonds is 5. The van der Waals surface area contributed by atoms with E-state index in [-0.39, 0.29) is 5.92 Å². The van der Waals surface area contributed by atoms with E-state index in [4.69, 9.17) is 9.29 Å². The third-order valence-corrected chi connectivity index (χ3v) is 3.70. The van der Waals surface area contributed by atoms with Gasteiger partial charge in [-0.2, -0.15) is 0 Å². The summed E-state index contributed by atoms with van der Waals surface area (Å²) in [6.45, 7) is 4.56. The zero-order valence-electron chi connectivity index (χ0n) is 11.6. The average molecular weight is 290 g/mol. The summed E-state index contributed by atoms with van der Waals surface area (Å²) in [5.74, 6) is 0.988. The highest BCUT2D eigenvalue weighted by molar-refractivity contribution is 7.79. The summed E-state index contributed by atoms with van der Waals surface area (Å²) in [4.78, 5) is 0.403. The minimum Gasteiger partial charge on any atom is -0.489 e. The van der Waals surface area contributed by atoms with Gasteiger partial charge >= 0.3 is 0 Å². The third kappa shape index (κ3) is 3.68. The van der Waals surface area contributed by atoms with Crippen LogP contribution in [0.1, 0.15) is 30.9 Å². The molecule has 1 N–H and O–H groups in total. The van der Waals surface area contributed by atoms with Crippen LogP contribution in [0.2, 0.25) is 0 Å². The van der Waals surface area contributed by atoms with Crippen molar-refractivity contribution in [2.45, 2.75) is 31.3 Å². The van der Waals surface area contributed by atoms with Crippen LogP contribution in [0.15, 0.2) is 53.4 Å². The first-order valence-electron chi connectivity index (χ1n) is 6.49. The van der Waals surface area contributed by atoms with E-state index in [9.17, 15) is 4.21 Å². The lowest BCUT2D eigenvalue weighted by atomic mass is 10.0. The Morgan fingerprint density at radius 3 is 2.45 bits per heavy atom. The Balaban J connectivity index is 2.20. The first-order valence-corrected chi connectivity index (χ1v) is 7.60. The van der Waals surface area contributed by atoms with Crippen molar-refractivity contribution in [1.82, 2.24) is 0 Å². The topological polar surface area (TPSA) is 46.5 Å². The maximum absolute atomic E-state index is 11.1. The first-order chi connectivity index (χ1) is 9.58. The third-order valence-electron chi connectivity index (χ3n) is 3.04. The van der Waals surface area contributed by atoms with Crippen LogP contribution in [0.25, 0.3) is 0 Å². The molecule has 2 aromatic carbocycles. The Bertz CT molecular complexity index is 594. The average Bonchev–Trinajstić information content (AvgIpc) is 2.45. The molecule has 0 saturated heterocycles. The summed E-state index contributed by atoms with van der Waals surface area (Å²) in [7, 11) is 0. The largest absolute Gasteiger partial charge is 0.489 e. The van der Waals surface area contributed by atoms with E-state index >= 15 is 0 Å². The molecule has 0 aromatic heterocycles. The molecule has 0 spiro atoms. The van der Waals surface area contributed by atoms with Gasteiger partial charge < -0.3 is 9.29 Å². The Morgan fingerprint density at radius 1 is 1.15 bits per heavy atom. The second kappa shape index (κ2) is 6.68. The molecular formula is C16H18O3S. The number of benzene rings is 2. The van der Waals surface area contributed by atoms with Gasteiger partial charge in [-0.1, -0.05) is 44.2 Å². The Hall–Kier alpha value is -1.65. The van der Waals surface area contributed by atoms with Crippen LogP contribution in [-0.2, 0) is 17.7 Å². The monoisotopic (exact) mass is 290 g/mol. The molecule has 0 aliphatic carbocycles. The van der Waals surface area contributed by atoms with Crippen LogP contribution in [0.3, 0.4) is 0 Å². The molecule has 1 atom stereocenters. The molecular weight excluding hydrogens is 272 g/mol. The van der Waals surface area contributed by atoms with Crippen molar-refractivity contribution in [3.63, 3.8) is 0 Å². The Labute approximate surface area is 121 Å². The Morgan fingerprint density at radius 2 is 1.85 bits per heavy atom. The van der Waals surface area contributed by atoms with Gasteiger partial charge in [0, 0.05) is 0 Å². The van der Waals surface area contributed by atoms with E-state index in [1.807, 2.05) is 44.2 Å². The van der Waals surface area contributed by atoms with Gasteiger partial charge in [0.15, 0.2) is 11.1 Å². The van der Waals surface area contributed by atoms with Crippen molar-refractivity contribution >= 4 is 11.1 Å². The van der Waals surface area contributed by atoms with Gasteiger partial charge in [0.05, 0.1) is 4.90 Å². The van der Waals surface area contributed by atoms with Crippen molar-refractivity contribution in [3.8, 4) is 5.75 Å². The van der Waals surface area contributed by atoms with Gasteiger partial charge in [-0.05, 0) is 35.2 Å². The lowest BCUT2D eigenvalue weighted by Crippen LogP contribution is -2.01. The maximum Gasteiger partial charge on any atom is 0.186 e. The van der Waals surface area contributed by atoms with Crippen LogP contribution >= 0.6 is 0 Å². The van der Waals surface area contributed by atoms with Gasteiger partial charge in [0.25, 0.3) is 0 Å². The summed E-state index contributed by atoms with van der Waals surface area (Å²) in [5.41, 5.74) is 2.04. The lowest BCUT2D eigenvalue weighted by molar-refractivity contribution is 0.301. The molecule has 0 aliphatic heterocycles. The van der Waals surface area contributed by atoms with Gasteiger partial charge in [-0.25, -0.2) is 4.21 Å². The maximum atomic E-state index is 11.1. The van der Waals surface area contributed by atoms with Crippen LogP contribution in [0.5, 0.6) is 5.75 Å². The van der Waals surface area contributed by atoms with E-state index in [1.54, 1.807) is 18.2 Å². The SMILES string of the molecule is CC(C)c1cc(S(=O)O)ccc1OCc1ccccc1. The highest BCUT2D eigenvalue weighted by Gasteiger charge is 2.11. The number of ether oxygens (including phenoxy) is 1. The van der Waals surface area contributed by atoms with Crippen LogP contribution in [-0.4, -0.2) is 8.76 Å². The van der Waals surface area contributed by atoms with Crippen molar-refractivity contribution in [1.29, 1.82) is 0 Å². The molecule has 0 radical (unpaired) electrons. The van der Waals surface area contributed by atoms with Gasteiger partial charge in [0.1, 0.15) is 12.4 Å². The fraction of sp³-hybridized carbons (Fsp3) is 0.250. The molecule has 0 aliphatic rings. The summed E-state index contributed by atoms with van der Waals surface area (Å²) in [6.07, 6.45) is 0. The highest BCUT2D eigenvalue weighted by atomic mass is 32.2. The second-order valence-electron chi connectivity index (χ2n) is 4.88. The fourth-order valence-corrected chi connectivity index (χ4v) is 2.37. The standard InChI is InChI=1S/C16H18O3S/c1-12(2)15-10-14(20(17)18)8-9-16(15)19-11-13-6-4-3-5-7-13/h3-10,12H,11H2,1-2H3,(H,17,18). The number of hydrogen-bond donors (Lipinski definition) is 1. The molecule has 0 bridgehead atoms. The van der Waals surface area contributed by atoms with E-state index in [0.717, 1.165) is 16.9 Å². The molecule has 3 nitrogen and oxygen atoms in total. The molecule has 0 heterocycles. The van der Waals surface area contributed by atoms with Crippen LogP contribution in [0, 0.1) is 0 Å². The van der Waals surface area contributed by atoms with Crippen LogP contribution < -0.4 is 4.74 Å². The summed E-state index contributed by atoms with van der Waals surface area (Å²) >= 11 is -1.96. The van der Waals surface area contributed by atoms with Gasteiger partial charge in [-0.3, -0.25) is 0 Å².